The smallest absolute Gasteiger partial charge is 0.160 e. The Bertz CT molecular complexity index is 4200. The van der Waals surface area contributed by atoms with E-state index in [1.165, 1.54) is 62.6 Å². The molecule has 6 heteroatoms. The highest BCUT2D eigenvalue weighted by molar-refractivity contribution is 7.26. The van der Waals surface area contributed by atoms with Crippen LogP contribution in [0.4, 0.5) is 0 Å². The summed E-state index contributed by atoms with van der Waals surface area (Å²) >= 11 is 3.73. The topological polar surface area (TPSA) is 51.6 Å². The van der Waals surface area contributed by atoms with Crippen LogP contribution in [-0.4, -0.2) is 19.9 Å². The van der Waals surface area contributed by atoms with Crippen LogP contribution in [0.25, 0.3) is 141 Å². The summed E-state index contributed by atoms with van der Waals surface area (Å²) in [4.78, 5) is 20.6. The summed E-state index contributed by atoms with van der Waals surface area (Å²) in [6.45, 7) is 0. The van der Waals surface area contributed by atoms with Crippen molar-refractivity contribution in [1.82, 2.24) is 19.9 Å². The molecule has 0 saturated heterocycles. The van der Waals surface area contributed by atoms with E-state index in [1.54, 1.807) is 0 Å². The highest BCUT2D eigenvalue weighted by atomic mass is 32.1. The normalized spacial score (nSPS) is 11.7. The number of nitrogens with zero attached hydrogens (tertiary/aromatic N) is 4. The maximum Gasteiger partial charge on any atom is 0.160 e. The van der Waals surface area contributed by atoms with Gasteiger partial charge >= 0.3 is 0 Å². The highest BCUT2D eigenvalue weighted by Gasteiger charge is 2.18. The maximum absolute atomic E-state index is 5.37. The number of pyridine rings is 2. The molecule has 0 amide bonds. The van der Waals surface area contributed by atoms with E-state index >= 15 is 0 Å². The molecule has 0 atom stereocenters. The largest absolute Gasteiger partial charge is 0.254 e. The summed E-state index contributed by atoms with van der Waals surface area (Å²) in [6.07, 6.45) is 1.83. The van der Waals surface area contributed by atoms with Gasteiger partial charge in [-0.3, -0.25) is 4.98 Å². The zero-order valence-corrected chi connectivity index (χ0v) is 39.2. The third-order valence-electron chi connectivity index (χ3n) is 13.5. The summed E-state index contributed by atoms with van der Waals surface area (Å²) in [6, 6.07) is 80.5. The van der Waals surface area contributed by atoms with Crippen molar-refractivity contribution in [2.75, 3.05) is 0 Å². The van der Waals surface area contributed by atoms with Crippen molar-refractivity contribution in [2.45, 2.75) is 0 Å². The molecule has 326 valence electrons. The van der Waals surface area contributed by atoms with E-state index in [4.69, 9.17) is 19.9 Å². The molecule has 5 aromatic heterocycles. The Morgan fingerprint density at radius 1 is 0.286 bits per heavy atom. The Morgan fingerprint density at radius 2 is 0.786 bits per heavy atom. The molecule has 70 heavy (non-hydrogen) atoms. The molecule has 0 N–H and O–H groups in total. The number of hydrogen-bond donors (Lipinski definition) is 0. The average Bonchev–Trinajstić information content (AvgIpc) is 4.02. The molecule has 5 heterocycles. The minimum atomic E-state index is 0.634. The number of benzene rings is 9. The lowest BCUT2D eigenvalue weighted by atomic mass is 9.91. The third-order valence-corrected chi connectivity index (χ3v) is 15.9. The maximum atomic E-state index is 5.37. The van der Waals surface area contributed by atoms with Crippen LogP contribution in [0.3, 0.4) is 0 Å². The lowest BCUT2D eigenvalue weighted by Gasteiger charge is -2.15. The Labute approximate surface area is 411 Å². The second-order valence-electron chi connectivity index (χ2n) is 17.8. The molecule has 0 fully saturated rings. The van der Waals surface area contributed by atoms with Crippen molar-refractivity contribution in [1.29, 1.82) is 0 Å². The van der Waals surface area contributed by atoms with Gasteiger partial charge in [-0.15, -0.1) is 22.7 Å². The summed E-state index contributed by atoms with van der Waals surface area (Å²) in [5.74, 6) is 0.634. The van der Waals surface area contributed by atoms with Gasteiger partial charge in [-0.2, -0.15) is 0 Å². The van der Waals surface area contributed by atoms with Crippen LogP contribution in [0.5, 0.6) is 0 Å². The first-order valence-electron chi connectivity index (χ1n) is 23.4. The van der Waals surface area contributed by atoms with Crippen LogP contribution in [-0.2, 0) is 0 Å². The molecule has 14 aromatic rings. The van der Waals surface area contributed by atoms with Crippen LogP contribution in [0.15, 0.2) is 231 Å². The fraction of sp³-hybridized carbons (Fsp3) is 0. The first kappa shape index (κ1) is 40.4. The molecular formula is C64H38N4S2. The van der Waals surface area contributed by atoms with Gasteiger partial charge in [0.2, 0.25) is 0 Å². The minimum Gasteiger partial charge on any atom is -0.254 e. The lowest BCUT2D eigenvalue weighted by Crippen LogP contribution is -1.98. The van der Waals surface area contributed by atoms with Gasteiger partial charge in [-0.25, -0.2) is 15.0 Å². The van der Waals surface area contributed by atoms with Gasteiger partial charge in [0.1, 0.15) is 0 Å². The molecule has 0 aliphatic carbocycles. The van der Waals surface area contributed by atoms with Gasteiger partial charge in [0.15, 0.2) is 5.82 Å². The minimum absolute atomic E-state index is 0.634. The summed E-state index contributed by atoms with van der Waals surface area (Å²) in [7, 11) is 0. The SMILES string of the molecule is c1ccc(-c2nc(-c3cc(-c4cccc(-c5cccc6c5sc5ccccc56)c4)cc(-c4cccc(-c5cccc6c5sc5ccccc56)c4)c3)cc(-c3ccc4ccc5cccnc5c4n3)n2)cc1. The third kappa shape index (κ3) is 6.96. The van der Waals surface area contributed by atoms with Gasteiger partial charge in [0, 0.05) is 68.4 Å². The van der Waals surface area contributed by atoms with Crippen LogP contribution in [0.1, 0.15) is 0 Å². The molecule has 14 rings (SSSR count). The van der Waals surface area contributed by atoms with Crippen LogP contribution < -0.4 is 0 Å². The fourth-order valence-electron chi connectivity index (χ4n) is 10.1. The van der Waals surface area contributed by atoms with E-state index in [0.29, 0.717) is 5.82 Å². The van der Waals surface area contributed by atoms with Crippen molar-refractivity contribution in [3.05, 3.63) is 231 Å². The van der Waals surface area contributed by atoms with Crippen LogP contribution in [0.2, 0.25) is 0 Å². The van der Waals surface area contributed by atoms with Crippen molar-refractivity contribution >= 4 is 84.8 Å². The van der Waals surface area contributed by atoms with Gasteiger partial charge < -0.3 is 0 Å². The van der Waals surface area contributed by atoms with Gasteiger partial charge in [0.25, 0.3) is 0 Å². The fourth-order valence-corrected chi connectivity index (χ4v) is 12.6. The Kier molecular flexibility index (Phi) is 9.54. The molecule has 0 bridgehead atoms. The highest BCUT2D eigenvalue weighted by Crippen LogP contribution is 2.44. The van der Waals surface area contributed by atoms with E-state index in [1.807, 2.05) is 53.1 Å². The van der Waals surface area contributed by atoms with Gasteiger partial charge in [0.05, 0.1) is 28.1 Å². The monoisotopic (exact) mass is 926 g/mol. The Balaban J connectivity index is 0.970. The van der Waals surface area contributed by atoms with Crippen LogP contribution in [0, 0.1) is 0 Å². The van der Waals surface area contributed by atoms with Crippen molar-refractivity contribution < 1.29 is 0 Å². The standard InChI is InChI=1S/C64H38N4S2/c1-2-13-41(14-3-1)64-67-56(38-57(68-64)55-31-30-40-29-28-39-19-12-32-65-60(39)61(40)66-55)48-36-46(42-15-8-17-44(33-42)49-22-10-24-53-51-20-4-6-26-58(51)69-62(49)53)35-47(37-48)43-16-9-18-45(34-43)50-23-11-25-54-52-21-5-7-27-59(52)70-63(50)54/h1-38H. The van der Waals surface area contributed by atoms with Crippen molar-refractivity contribution in [3.8, 4) is 78.5 Å². The predicted octanol–water partition coefficient (Wildman–Crippen LogP) is 18.0. The van der Waals surface area contributed by atoms with E-state index < -0.39 is 0 Å². The molecule has 0 aliphatic heterocycles. The lowest BCUT2D eigenvalue weighted by molar-refractivity contribution is 1.17. The van der Waals surface area contributed by atoms with E-state index in [9.17, 15) is 0 Å². The molecule has 0 aliphatic rings. The Morgan fingerprint density at radius 3 is 1.44 bits per heavy atom. The van der Waals surface area contributed by atoms with E-state index in [-0.39, 0.29) is 0 Å². The van der Waals surface area contributed by atoms with E-state index in [0.717, 1.165) is 72.3 Å². The number of aromatic nitrogens is 4. The Hall–Kier alpha value is -8.68. The molecule has 0 spiro atoms. The number of rotatable bonds is 7. The van der Waals surface area contributed by atoms with Crippen LogP contribution >= 0.6 is 22.7 Å². The average molecular weight is 927 g/mol. The second kappa shape index (κ2) is 16.5. The zero-order chi connectivity index (χ0) is 46.1. The summed E-state index contributed by atoms with van der Waals surface area (Å²) < 4.78 is 5.20. The van der Waals surface area contributed by atoms with Crippen molar-refractivity contribution in [2.24, 2.45) is 0 Å². The molecular weight excluding hydrogens is 889 g/mol. The first-order valence-corrected chi connectivity index (χ1v) is 25.1. The molecule has 4 nitrogen and oxygen atoms in total. The molecule has 9 aromatic carbocycles. The first-order chi connectivity index (χ1) is 34.6. The van der Waals surface area contributed by atoms with Crippen molar-refractivity contribution in [3.63, 3.8) is 0 Å². The summed E-state index contributed by atoms with van der Waals surface area (Å²) in [5.41, 5.74) is 15.2. The second-order valence-corrected chi connectivity index (χ2v) is 19.9. The number of hydrogen-bond acceptors (Lipinski definition) is 6. The predicted molar refractivity (Wildman–Crippen MR) is 296 cm³/mol. The summed E-state index contributed by atoms with van der Waals surface area (Å²) in [5, 5.41) is 7.25. The van der Waals surface area contributed by atoms with E-state index in [2.05, 4.69) is 200 Å². The molecule has 0 radical (unpaired) electrons. The molecule has 0 saturated carbocycles. The van der Waals surface area contributed by atoms with Gasteiger partial charge in [-0.1, -0.05) is 164 Å². The number of fused-ring (bicyclic) bond motifs is 9. The number of thiophene rings is 2. The van der Waals surface area contributed by atoms with Gasteiger partial charge in [-0.05, 0) is 105 Å². The quantitative estimate of drug-likeness (QED) is 0.149. The zero-order valence-electron chi connectivity index (χ0n) is 37.5. The molecule has 0 unspecified atom stereocenters.